The maximum atomic E-state index is 8.54. The van der Waals surface area contributed by atoms with Gasteiger partial charge in [0.2, 0.25) is 0 Å². The van der Waals surface area contributed by atoms with E-state index in [1.54, 1.807) is 23.0 Å². The lowest BCUT2D eigenvalue weighted by Gasteiger charge is -2.04. The van der Waals surface area contributed by atoms with Gasteiger partial charge < -0.3 is 10.9 Å². The standard InChI is InChI=1S/C11H13N5O/c1-7-5-8(2)16(14-7)10-4-3-9(6-13-10)11(12)15-17/h3-6,17H,1-2H3,(H2,12,15). The molecule has 0 amide bonds. The molecule has 0 aromatic carbocycles. The zero-order valence-corrected chi connectivity index (χ0v) is 9.62. The number of hydrogen-bond donors (Lipinski definition) is 2. The molecule has 0 saturated heterocycles. The van der Waals surface area contributed by atoms with Crippen LogP contribution in [-0.4, -0.2) is 25.8 Å². The van der Waals surface area contributed by atoms with Crippen LogP contribution >= 0.6 is 0 Å². The molecule has 6 nitrogen and oxygen atoms in total. The number of nitrogens with zero attached hydrogens (tertiary/aromatic N) is 4. The minimum absolute atomic E-state index is 0.0393. The number of aryl methyl sites for hydroxylation is 2. The number of rotatable bonds is 2. The van der Waals surface area contributed by atoms with Crippen molar-refractivity contribution in [2.24, 2.45) is 10.9 Å². The van der Waals surface area contributed by atoms with Crippen LogP contribution in [0.2, 0.25) is 0 Å². The summed E-state index contributed by atoms with van der Waals surface area (Å²) in [4.78, 5) is 4.22. The molecule has 2 aromatic heterocycles. The molecular formula is C11H13N5O. The molecule has 0 radical (unpaired) electrons. The van der Waals surface area contributed by atoms with E-state index in [1.165, 1.54) is 0 Å². The average Bonchev–Trinajstić information content (AvgIpc) is 2.68. The van der Waals surface area contributed by atoms with Crippen LogP contribution in [0.15, 0.2) is 29.6 Å². The summed E-state index contributed by atoms with van der Waals surface area (Å²) >= 11 is 0. The van der Waals surface area contributed by atoms with Crippen molar-refractivity contribution in [1.82, 2.24) is 14.8 Å². The normalized spacial score (nSPS) is 11.8. The molecule has 0 aliphatic rings. The van der Waals surface area contributed by atoms with Crippen LogP contribution in [0.5, 0.6) is 0 Å². The van der Waals surface area contributed by atoms with E-state index in [0.29, 0.717) is 11.4 Å². The van der Waals surface area contributed by atoms with Crippen molar-refractivity contribution in [3.05, 3.63) is 41.3 Å². The summed E-state index contributed by atoms with van der Waals surface area (Å²) in [6, 6.07) is 5.47. The molecule has 6 heteroatoms. The number of oxime groups is 1. The van der Waals surface area contributed by atoms with E-state index in [-0.39, 0.29) is 5.84 Å². The van der Waals surface area contributed by atoms with Crippen LogP contribution in [0.1, 0.15) is 17.0 Å². The number of pyridine rings is 1. The minimum atomic E-state index is 0.0393. The fourth-order valence-electron chi connectivity index (χ4n) is 1.58. The highest BCUT2D eigenvalue weighted by Crippen LogP contribution is 2.10. The predicted molar refractivity (Wildman–Crippen MR) is 63.3 cm³/mol. The van der Waals surface area contributed by atoms with Crippen LogP contribution in [-0.2, 0) is 0 Å². The lowest BCUT2D eigenvalue weighted by atomic mass is 10.2. The summed E-state index contributed by atoms with van der Waals surface area (Å²) in [6.07, 6.45) is 1.54. The van der Waals surface area contributed by atoms with E-state index in [4.69, 9.17) is 10.9 Å². The van der Waals surface area contributed by atoms with E-state index in [0.717, 1.165) is 11.4 Å². The third kappa shape index (κ3) is 2.10. The lowest BCUT2D eigenvalue weighted by molar-refractivity contribution is 0.318. The molecule has 0 bridgehead atoms. The third-order valence-corrected chi connectivity index (χ3v) is 2.38. The van der Waals surface area contributed by atoms with E-state index in [1.807, 2.05) is 19.9 Å². The SMILES string of the molecule is Cc1cc(C)n(-c2ccc(/C(N)=N\O)cn2)n1. The maximum absolute atomic E-state index is 8.54. The summed E-state index contributed by atoms with van der Waals surface area (Å²) in [6.45, 7) is 3.88. The zero-order chi connectivity index (χ0) is 12.4. The Kier molecular flexibility index (Phi) is 2.78. The molecule has 0 saturated carbocycles. The van der Waals surface area contributed by atoms with Crippen molar-refractivity contribution < 1.29 is 5.21 Å². The zero-order valence-electron chi connectivity index (χ0n) is 9.62. The summed E-state index contributed by atoms with van der Waals surface area (Å²) in [5, 5.41) is 15.8. The first-order valence-electron chi connectivity index (χ1n) is 5.09. The second-order valence-electron chi connectivity index (χ2n) is 3.73. The quantitative estimate of drug-likeness (QED) is 0.349. The lowest BCUT2D eigenvalue weighted by Crippen LogP contribution is -2.13. The summed E-state index contributed by atoms with van der Waals surface area (Å²) < 4.78 is 1.74. The van der Waals surface area contributed by atoms with Gasteiger partial charge in [0.05, 0.1) is 5.69 Å². The molecule has 0 aliphatic carbocycles. The van der Waals surface area contributed by atoms with Gasteiger partial charge in [-0.25, -0.2) is 9.67 Å². The Labute approximate surface area is 98.4 Å². The average molecular weight is 231 g/mol. The van der Waals surface area contributed by atoms with Crippen molar-refractivity contribution >= 4 is 5.84 Å². The molecule has 88 valence electrons. The molecular weight excluding hydrogens is 218 g/mol. The Balaban J connectivity index is 2.39. The number of nitrogens with two attached hydrogens (primary N) is 1. The molecule has 0 spiro atoms. The Morgan fingerprint density at radius 1 is 1.41 bits per heavy atom. The van der Waals surface area contributed by atoms with Gasteiger partial charge in [-0.3, -0.25) is 0 Å². The van der Waals surface area contributed by atoms with Gasteiger partial charge in [0.1, 0.15) is 0 Å². The smallest absolute Gasteiger partial charge is 0.171 e. The summed E-state index contributed by atoms with van der Waals surface area (Å²) in [7, 11) is 0. The van der Waals surface area contributed by atoms with Crippen LogP contribution in [0.3, 0.4) is 0 Å². The third-order valence-electron chi connectivity index (χ3n) is 2.38. The first-order valence-corrected chi connectivity index (χ1v) is 5.09. The molecule has 0 unspecified atom stereocenters. The Morgan fingerprint density at radius 3 is 2.65 bits per heavy atom. The van der Waals surface area contributed by atoms with E-state index >= 15 is 0 Å². The van der Waals surface area contributed by atoms with Gasteiger partial charge in [0.15, 0.2) is 11.7 Å². The number of aromatic nitrogens is 3. The van der Waals surface area contributed by atoms with E-state index < -0.39 is 0 Å². The topological polar surface area (TPSA) is 89.3 Å². The van der Waals surface area contributed by atoms with Crippen molar-refractivity contribution in [2.75, 3.05) is 0 Å². The molecule has 3 N–H and O–H groups in total. The molecule has 2 aromatic rings. The van der Waals surface area contributed by atoms with Crippen LogP contribution in [0.25, 0.3) is 5.82 Å². The van der Waals surface area contributed by atoms with E-state index in [9.17, 15) is 0 Å². The summed E-state index contributed by atoms with van der Waals surface area (Å²) in [5.41, 5.74) is 7.96. The van der Waals surface area contributed by atoms with Gasteiger partial charge in [-0.05, 0) is 32.0 Å². The molecule has 2 rings (SSSR count). The summed E-state index contributed by atoms with van der Waals surface area (Å²) in [5.74, 6) is 0.738. The van der Waals surface area contributed by atoms with E-state index in [2.05, 4.69) is 15.2 Å². The minimum Gasteiger partial charge on any atom is -0.409 e. The monoisotopic (exact) mass is 231 g/mol. The van der Waals surface area contributed by atoms with Crippen molar-refractivity contribution in [2.45, 2.75) is 13.8 Å². The highest BCUT2D eigenvalue weighted by atomic mass is 16.4. The van der Waals surface area contributed by atoms with Crippen LogP contribution in [0.4, 0.5) is 0 Å². The highest BCUT2D eigenvalue weighted by molar-refractivity contribution is 5.96. The van der Waals surface area contributed by atoms with Gasteiger partial charge in [-0.2, -0.15) is 5.10 Å². The van der Waals surface area contributed by atoms with Crippen molar-refractivity contribution in [1.29, 1.82) is 0 Å². The molecule has 17 heavy (non-hydrogen) atoms. The van der Waals surface area contributed by atoms with Crippen LogP contribution < -0.4 is 5.73 Å². The van der Waals surface area contributed by atoms with Crippen LogP contribution in [0, 0.1) is 13.8 Å². The fraction of sp³-hybridized carbons (Fsp3) is 0.182. The highest BCUT2D eigenvalue weighted by Gasteiger charge is 2.05. The van der Waals surface area contributed by atoms with Crippen molar-refractivity contribution in [3.63, 3.8) is 0 Å². The Bertz CT molecular complexity index is 556. The van der Waals surface area contributed by atoms with Gasteiger partial charge in [0.25, 0.3) is 0 Å². The molecule has 0 fully saturated rings. The molecule has 0 aliphatic heterocycles. The number of hydrogen-bond acceptors (Lipinski definition) is 4. The maximum Gasteiger partial charge on any atom is 0.171 e. The van der Waals surface area contributed by atoms with Gasteiger partial charge >= 0.3 is 0 Å². The second kappa shape index (κ2) is 4.25. The first-order chi connectivity index (χ1) is 8.11. The number of amidine groups is 1. The van der Waals surface area contributed by atoms with Gasteiger partial charge in [0, 0.05) is 17.5 Å². The van der Waals surface area contributed by atoms with Gasteiger partial charge in [-0.1, -0.05) is 5.16 Å². The Hall–Kier alpha value is -2.37. The fourth-order valence-corrected chi connectivity index (χ4v) is 1.58. The van der Waals surface area contributed by atoms with Gasteiger partial charge in [-0.15, -0.1) is 0 Å². The second-order valence-corrected chi connectivity index (χ2v) is 3.73. The predicted octanol–water partition coefficient (Wildman–Crippen LogP) is 0.979. The molecule has 2 heterocycles. The Morgan fingerprint density at radius 2 is 2.18 bits per heavy atom. The van der Waals surface area contributed by atoms with Crippen molar-refractivity contribution in [3.8, 4) is 5.82 Å². The molecule has 0 atom stereocenters. The first kappa shape index (κ1) is 11.1. The largest absolute Gasteiger partial charge is 0.409 e.